The molecule has 0 unspecified atom stereocenters. The van der Waals surface area contributed by atoms with Gasteiger partial charge in [0.1, 0.15) is 17.6 Å². The van der Waals surface area contributed by atoms with Crippen molar-refractivity contribution in [2.75, 3.05) is 37.7 Å². The molecule has 0 aliphatic carbocycles. The summed E-state index contributed by atoms with van der Waals surface area (Å²) in [4.78, 5) is 29.7. The van der Waals surface area contributed by atoms with Gasteiger partial charge in [-0.25, -0.2) is 4.79 Å². The van der Waals surface area contributed by atoms with E-state index in [9.17, 15) is 9.59 Å². The maximum atomic E-state index is 13.3. The molecule has 1 N–H and O–H groups in total. The van der Waals surface area contributed by atoms with Crippen LogP contribution in [-0.4, -0.2) is 55.7 Å². The van der Waals surface area contributed by atoms with Gasteiger partial charge in [0.15, 0.2) is 0 Å². The number of nitrogens with one attached hydrogen (secondary N) is 1. The molecule has 2 aliphatic rings. The molecular formula is C27H35N3O4. The minimum absolute atomic E-state index is 0.00228. The third-order valence-corrected chi connectivity index (χ3v) is 6.61. The lowest BCUT2D eigenvalue weighted by molar-refractivity contribution is -0.126. The van der Waals surface area contributed by atoms with Gasteiger partial charge < -0.3 is 19.7 Å². The molecule has 2 aliphatic heterocycles. The average Bonchev–Trinajstić information content (AvgIpc) is 2.88. The molecule has 7 heteroatoms. The SMILES string of the molecule is CCOc1ccc(CCNC(=O)C2CCN(C(=O)N3C[C@H](CC)Oc4ccccc43)CC2)cc1. The largest absolute Gasteiger partial charge is 0.494 e. The third kappa shape index (κ3) is 5.64. The number of urea groups is 1. The predicted octanol–water partition coefficient (Wildman–Crippen LogP) is 4.25. The first kappa shape index (κ1) is 23.9. The Hall–Kier alpha value is -3.22. The molecule has 1 atom stereocenters. The molecule has 2 heterocycles. The van der Waals surface area contributed by atoms with E-state index in [1.807, 2.05) is 65.3 Å². The number of nitrogens with zero attached hydrogens (tertiary/aromatic N) is 2. The number of piperidine rings is 1. The van der Waals surface area contributed by atoms with Crippen molar-refractivity contribution in [3.05, 3.63) is 54.1 Å². The first-order chi connectivity index (χ1) is 16.6. The lowest BCUT2D eigenvalue weighted by Crippen LogP contribution is -2.52. The van der Waals surface area contributed by atoms with E-state index in [4.69, 9.17) is 9.47 Å². The summed E-state index contributed by atoms with van der Waals surface area (Å²) in [5.41, 5.74) is 1.99. The van der Waals surface area contributed by atoms with Gasteiger partial charge in [-0.05, 0) is 62.4 Å². The fourth-order valence-electron chi connectivity index (χ4n) is 4.59. The molecule has 0 aromatic heterocycles. The van der Waals surface area contributed by atoms with Gasteiger partial charge in [-0.2, -0.15) is 0 Å². The predicted molar refractivity (Wildman–Crippen MR) is 133 cm³/mol. The average molecular weight is 466 g/mol. The summed E-state index contributed by atoms with van der Waals surface area (Å²) in [5.74, 6) is 1.66. The van der Waals surface area contributed by atoms with Crippen molar-refractivity contribution in [3.8, 4) is 11.5 Å². The molecule has 3 amide bonds. The van der Waals surface area contributed by atoms with Crippen molar-refractivity contribution in [1.82, 2.24) is 10.2 Å². The van der Waals surface area contributed by atoms with Gasteiger partial charge in [0.25, 0.3) is 0 Å². The first-order valence-electron chi connectivity index (χ1n) is 12.4. The standard InChI is InChI=1S/C27H35N3O4/c1-3-22-19-30(24-7-5-6-8-25(24)34-22)27(32)29-17-14-21(15-18-29)26(31)28-16-13-20-9-11-23(12-10-20)33-4-2/h5-12,21-22H,3-4,13-19H2,1-2H3,(H,28,31)/t22-/m0/s1. The van der Waals surface area contributed by atoms with Gasteiger partial charge in [0, 0.05) is 25.6 Å². The van der Waals surface area contributed by atoms with Crippen LogP contribution in [-0.2, 0) is 11.2 Å². The van der Waals surface area contributed by atoms with Crippen LogP contribution in [0.1, 0.15) is 38.7 Å². The van der Waals surface area contributed by atoms with E-state index in [2.05, 4.69) is 12.2 Å². The van der Waals surface area contributed by atoms with Gasteiger partial charge in [-0.15, -0.1) is 0 Å². The van der Waals surface area contributed by atoms with Crippen LogP contribution in [0, 0.1) is 5.92 Å². The molecule has 34 heavy (non-hydrogen) atoms. The Kier molecular flexibility index (Phi) is 7.93. The summed E-state index contributed by atoms with van der Waals surface area (Å²) >= 11 is 0. The second kappa shape index (κ2) is 11.3. The highest BCUT2D eigenvalue weighted by Crippen LogP contribution is 2.35. The number of hydrogen-bond donors (Lipinski definition) is 1. The molecule has 0 radical (unpaired) electrons. The van der Waals surface area contributed by atoms with E-state index in [-0.39, 0.29) is 24.0 Å². The molecule has 1 fully saturated rings. The monoisotopic (exact) mass is 465 g/mol. The lowest BCUT2D eigenvalue weighted by atomic mass is 9.96. The fourth-order valence-corrected chi connectivity index (χ4v) is 4.59. The highest BCUT2D eigenvalue weighted by Gasteiger charge is 2.34. The highest BCUT2D eigenvalue weighted by molar-refractivity contribution is 5.94. The smallest absolute Gasteiger partial charge is 0.324 e. The lowest BCUT2D eigenvalue weighted by Gasteiger charge is -2.39. The zero-order chi connectivity index (χ0) is 23.9. The maximum Gasteiger partial charge on any atom is 0.324 e. The second-order valence-corrected chi connectivity index (χ2v) is 8.89. The normalized spacial score (nSPS) is 18.1. The molecule has 0 bridgehead atoms. The van der Waals surface area contributed by atoms with Crippen LogP contribution >= 0.6 is 0 Å². The Morgan fingerprint density at radius 2 is 1.79 bits per heavy atom. The van der Waals surface area contributed by atoms with Crippen molar-refractivity contribution >= 4 is 17.6 Å². The topological polar surface area (TPSA) is 71.1 Å². The van der Waals surface area contributed by atoms with Gasteiger partial charge in [0.05, 0.1) is 18.8 Å². The number of anilines is 1. The summed E-state index contributed by atoms with van der Waals surface area (Å²) in [5, 5.41) is 3.07. The number of carbonyl (C=O) groups is 2. The fraction of sp³-hybridized carbons (Fsp3) is 0.481. The van der Waals surface area contributed by atoms with Gasteiger partial charge in [0.2, 0.25) is 5.91 Å². The summed E-state index contributed by atoms with van der Waals surface area (Å²) in [6.07, 6.45) is 2.99. The van der Waals surface area contributed by atoms with E-state index >= 15 is 0 Å². The van der Waals surface area contributed by atoms with Crippen LogP contribution in [0.2, 0.25) is 0 Å². The highest BCUT2D eigenvalue weighted by atomic mass is 16.5. The Bertz CT molecular complexity index is 970. The molecule has 2 aromatic carbocycles. The zero-order valence-corrected chi connectivity index (χ0v) is 20.2. The quantitative estimate of drug-likeness (QED) is 0.664. The van der Waals surface area contributed by atoms with Crippen LogP contribution in [0.15, 0.2) is 48.5 Å². The Morgan fingerprint density at radius 1 is 1.06 bits per heavy atom. The minimum Gasteiger partial charge on any atom is -0.494 e. The Morgan fingerprint density at radius 3 is 2.50 bits per heavy atom. The molecule has 182 valence electrons. The van der Waals surface area contributed by atoms with Crippen molar-refractivity contribution in [2.45, 2.75) is 45.6 Å². The first-order valence-corrected chi connectivity index (χ1v) is 12.4. The number of likely N-dealkylation sites (tertiary alicyclic amines) is 1. The van der Waals surface area contributed by atoms with Crippen LogP contribution in [0.4, 0.5) is 10.5 Å². The van der Waals surface area contributed by atoms with Crippen LogP contribution in [0.5, 0.6) is 11.5 Å². The van der Waals surface area contributed by atoms with E-state index in [1.165, 1.54) is 5.56 Å². The van der Waals surface area contributed by atoms with Crippen molar-refractivity contribution in [3.63, 3.8) is 0 Å². The summed E-state index contributed by atoms with van der Waals surface area (Å²) in [7, 11) is 0. The molecule has 0 spiro atoms. The second-order valence-electron chi connectivity index (χ2n) is 8.89. The van der Waals surface area contributed by atoms with E-state index in [0.29, 0.717) is 45.6 Å². The summed E-state index contributed by atoms with van der Waals surface area (Å²) in [6.45, 7) is 7.03. The van der Waals surface area contributed by atoms with Crippen molar-refractivity contribution < 1.29 is 19.1 Å². The van der Waals surface area contributed by atoms with E-state index in [1.54, 1.807) is 0 Å². The third-order valence-electron chi connectivity index (χ3n) is 6.61. The van der Waals surface area contributed by atoms with Gasteiger partial charge in [-0.3, -0.25) is 9.69 Å². The number of ether oxygens (including phenoxy) is 2. The van der Waals surface area contributed by atoms with E-state index < -0.39 is 0 Å². The Labute approximate surface area is 202 Å². The van der Waals surface area contributed by atoms with Crippen LogP contribution < -0.4 is 19.7 Å². The van der Waals surface area contributed by atoms with Crippen molar-refractivity contribution in [2.24, 2.45) is 5.92 Å². The minimum atomic E-state index is -0.0512. The molecule has 7 nitrogen and oxygen atoms in total. The number of hydrogen-bond acceptors (Lipinski definition) is 4. The molecule has 4 rings (SSSR count). The summed E-state index contributed by atoms with van der Waals surface area (Å²) in [6, 6.07) is 15.7. The number of para-hydroxylation sites is 2. The van der Waals surface area contributed by atoms with Gasteiger partial charge in [-0.1, -0.05) is 31.2 Å². The van der Waals surface area contributed by atoms with Crippen molar-refractivity contribution in [1.29, 1.82) is 0 Å². The molecule has 2 aromatic rings. The molecule has 0 saturated carbocycles. The zero-order valence-electron chi connectivity index (χ0n) is 20.2. The Balaban J connectivity index is 1.25. The van der Waals surface area contributed by atoms with Crippen LogP contribution in [0.3, 0.4) is 0 Å². The number of rotatable bonds is 7. The summed E-state index contributed by atoms with van der Waals surface area (Å²) < 4.78 is 11.5. The molecule has 1 saturated heterocycles. The van der Waals surface area contributed by atoms with Gasteiger partial charge >= 0.3 is 6.03 Å². The maximum absolute atomic E-state index is 13.3. The number of benzene rings is 2. The molecular weight excluding hydrogens is 430 g/mol. The van der Waals surface area contributed by atoms with E-state index in [0.717, 1.165) is 30.0 Å². The van der Waals surface area contributed by atoms with Crippen LogP contribution in [0.25, 0.3) is 0 Å². The number of fused-ring (bicyclic) bond motifs is 1. The number of carbonyl (C=O) groups excluding carboxylic acids is 2. The number of amides is 3.